The highest BCUT2D eigenvalue weighted by Crippen LogP contribution is 2.33. The van der Waals surface area contributed by atoms with E-state index < -0.39 is 5.97 Å². The lowest BCUT2D eigenvalue weighted by Gasteiger charge is -2.14. The van der Waals surface area contributed by atoms with Crippen molar-refractivity contribution in [2.45, 2.75) is 13.8 Å². The van der Waals surface area contributed by atoms with E-state index in [0.29, 0.717) is 35.9 Å². The van der Waals surface area contributed by atoms with Crippen molar-refractivity contribution in [3.8, 4) is 11.5 Å². The summed E-state index contributed by atoms with van der Waals surface area (Å²) in [6.45, 7) is 8.09. The van der Waals surface area contributed by atoms with Gasteiger partial charge in [0.1, 0.15) is 0 Å². The van der Waals surface area contributed by atoms with E-state index in [4.69, 9.17) is 14.2 Å². The minimum absolute atomic E-state index is 0.257. The van der Waals surface area contributed by atoms with Gasteiger partial charge in [-0.25, -0.2) is 4.79 Å². The smallest absolute Gasteiger partial charge is 0.340 e. The first kappa shape index (κ1) is 19.3. The average molecular weight is 357 g/mol. The van der Waals surface area contributed by atoms with Crippen LogP contribution in [0.1, 0.15) is 19.4 Å². The molecule has 1 aromatic rings. The Hall–Kier alpha value is -3.02. The summed E-state index contributed by atoms with van der Waals surface area (Å²) in [5.74, 6) is 0.347. The molecule has 0 fully saturated rings. The van der Waals surface area contributed by atoms with E-state index in [2.05, 4.69) is 6.58 Å². The molecule has 0 bridgehead atoms. The minimum Gasteiger partial charge on any atom is -0.493 e. The normalized spacial score (nSPS) is 15.5. The van der Waals surface area contributed by atoms with Crippen LogP contribution in [-0.4, -0.2) is 44.1 Å². The maximum atomic E-state index is 12.8. The van der Waals surface area contributed by atoms with Gasteiger partial charge >= 0.3 is 5.97 Å². The number of methoxy groups -OCH3 is 2. The Morgan fingerprint density at radius 2 is 2.00 bits per heavy atom. The van der Waals surface area contributed by atoms with Gasteiger partial charge in [0.05, 0.1) is 32.0 Å². The molecule has 0 unspecified atom stereocenters. The highest BCUT2D eigenvalue weighted by molar-refractivity contribution is 6.16. The number of rotatable bonds is 7. The molecule has 2 rings (SSSR count). The summed E-state index contributed by atoms with van der Waals surface area (Å²) in [6.07, 6.45) is 3.26. The van der Waals surface area contributed by atoms with Crippen LogP contribution in [0.3, 0.4) is 0 Å². The van der Waals surface area contributed by atoms with Crippen LogP contribution in [-0.2, 0) is 14.3 Å². The number of amides is 1. The van der Waals surface area contributed by atoms with Gasteiger partial charge in [-0.15, -0.1) is 6.58 Å². The van der Waals surface area contributed by atoms with Crippen LogP contribution in [0, 0.1) is 0 Å². The number of hydrogen-bond acceptors (Lipinski definition) is 5. The molecule has 0 atom stereocenters. The Kier molecular flexibility index (Phi) is 6.22. The van der Waals surface area contributed by atoms with Gasteiger partial charge in [0.2, 0.25) is 0 Å². The fourth-order valence-electron chi connectivity index (χ4n) is 2.79. The topological polar surface area (TPSA) is 65.1 Å². The first-order valence-corrected chi connectivity index (χ1v) is 8.23. The lowest BCUT2D eigenvalue weighted by molar-refractivity contribution is -0.136. The monoisotopic (exact) mass is 357 g/mol. The van der Waals surface area contributed by atoms with Gasteiger partial charge in [-0.2, -0.15) is 0 Å². The van der Waals surface area contributed by atoms with E-state index in [1.54, 1.807) is 44.4 Å². The predicted molar refractivity (Wildman–Crippen MR) is 98.8 cm³/mol. The first-order valence-electron chi connectivity index (χ1n) is 8.23. The molecule has 0 N–H and O–H groups in total. The molecule has 1 aromatic carbocycles. The van der Waals surface area contributed by atoms with E-state index in [1.807, 2.05) is 6.92 Å². The van der Waals surface area contributed by atoms with Gasteiger partial charge in [-0.3, -0.25) is 4.79 Å². The third-order valence-corrected chi connectivity index (χ3v) is 4.01. The zero-order valence-electron chi connectivity index (χ0n) is 15.5. The van der Waals surface area contributed by atoms with E-state index in [-0.39, 0.29) is 17.1 Å². The SMILES string of the molecule is C=CCN1C(=O)/C(=C\c2ccc(OCC)c(OC)c2)C(C(=O)OC)=C1C. The molecule has 0 aromatic heterocycles. The summed E-state index contributed by atoms with van der Waals surface area (Å²) in [5, 5.41) is 0. The highest BCUT2D eigenvalue weighted by Gasteiger charge is 2.36. The predicted octanol–water partition coefficient (Wildman–Crippen LogP) is 2.95. The highest BCUT2D eigenvalue weighted by atomic mass is 16.5. The van der Waals surface area contributed by atoms with Crippen molar-refractivity contribution in [3.63, 3.8) is 0 Å². The van der Waals surface area contributed by atoms with Crippen LogP contribution in [0.4, 0.5) is 0 Å². The maximum Gasteiger partial charge on any atom is 0.340 e. The molecule has 6 heteroatoms. The molecule has 0 spiro atoms. The number of hydrogen-bond donors (Lipinski definition) is 0. The number of allylic oxidation sites excluding steroid dienone is 1. The van der Waals surface area contributed by atoms with Crippen LogP contribution >= 0.6 is 0 Å². The summed E-state index contributed by atoms with van der Waals surface area (Å²) in [5.41, 5.74) is 1.80. The van der Waals surface area contributed by atoms with Crippen LogP contribution in [0.15, 0.2) is 47.7 Å². The maximum absolute atomic E-state index is 12.8. The quantitative estimate of drug-likeness (QED) is 0.426. The Balaban J connectivity index is 2.52. The van der Waals surface area contributed by atoms with Crippen molar-refractivity contribution >= 4 is 18.0 Å². The molecule has 138 valence electrons. The molecule has 1 aliphatic rings. The van der Waals surface area contributed by atoms with Crippen molar-refractivity contribution in [1.82, 2.24) is 4.90 Å². The molecule has 1 aliphatic heterocycles. The van der Waals surface area contributed by atoms with E-state index in [1.165, 1.54) is 12.0 Å². The largest absolute Gasteiger partial charge is 0.493 e. The molecule has 0 aliphatic carbocycles. The second kappa shape index (κ2) is 8.38. The molecular formula is C20H23NO5. The molecular weight excluding hydrogens is 334 g/mol. The summed E-state index contributed by atoms with van der Waals surface area (Å²) < 4.78 is 15.7. The summed E-state index contributed by atoms with van der Waals surface area (Å²) in [7, 11) is 2.84. The summed E-state index contributed by atoms with van der Waals surface area (Å²) in [6, 6.07) is 5.32. The second-order valence-electron chi connectivity index (χ2n) is 5.56. The molecule has 0 radical (unpaired) electrons. The van der Waals surface area contributed by atoms with E-state index in [9.17, 15) is 9.59 Å². The third-order valence-electron chi connectivity index (χ3n) is 4.01. The Labute approximate surface area is 153 Å². The fraction of sp³-hybridized carbons (Fsp3) is 0.300. The number of esters is 1. The lowest BCUT2D eigenvalue weighted by Crippen LogP contribution is -2.24. The zero-order valence-corrected chi connectivity index (χ0v) is 15.5. The van der Waals surface area contributed by atoms with Crippen LogP contribution < -0.4 is 9.47 Å². The number of carbonyl (C=O) groups excluding carboxylic acids is 2. The third kappa shape index (κ3) is 3.64. The first-order chi connectivity index (χ1) is 12.5. The Morgan fingerprint density at radius 1 is 1.27 bits per heavy atom. The van der Waals surface area contributed by atoms with E-state index in [0.717, 1.165) is 0 Å². The van der Waals surface area contributed by atoms with Crippen LogP contribution in [0.2, 0.25) is 0 Å². The molecule has 1 heterocycles. The lowest BCUT2D eigenvalue weighted by atomic mass is 10.0. The molecule has 0 saturated carbocycles. The van der Waals surface area contributed by atoms with Crippen molar-refractivity contribution in [2.24, 2.45) is 0 Å². The average Bonchev–Trinajstić information content (AvgIpc) is 2.87. The Morgan fingerprint density at radius 3 is 2.58 bits per heavy atom. The standard InChI is InChI=1S/C20H23NO5/c1-6-10-21-13(3)18(20(23)25-5)15(19(21)22)11-14-8-9-16(26-7-2)17(12-14)24-4/h6,8-9,11-12H,1,7,10H2,2-5H3/b15-11-. The van der Waals surface area contributed by atoms with Crippen molar-refractivity contribution < 1.29 is 23.8 Å². The Bertz CT molecular complexity index is 791. The zero-order chi connectivity index (χ0) is 19.3. The second-order valence-corrected chi connectivity index (χ2v) is 5.56. The van der Waals surface area contributed by atoms with Crippen molar-refractivity contribution in [2.75, 3.05) is 27.4 Å². The van der Waals surface area contributed by atoms with Gasteiger partial charge in [-0.05, 0) is 37.6 Å². The van der Waals surface area contributed by atoms with Gasteiger partial charge < -0.3 is 19.1 Å². The minimum atomic E-state index is -0.549. The van der Waals surface area contributed by atoms with Crippen LogP contribution in [0.25, 0.3) is 6.08 Å². The van der Waals surface area contributed by atoms with Gasteiger partial charge in [-0.1, -0.05) is 12.1 Å². The molecule has 6 nitrogen and oxygen atoms in total. The van der Waals surface area contributed by atoms with Crippen LogP contribution in [0.5, 0.6) is 11.5 Å². The summed E-state index contributed by atoms with van der Waals surface area (Å²) >= 11 is 0. The van der Waals surface area contributed by atoms with E-state index >= 15 is 0 Å². The van der Waals surface area contributed by atoms with Gasteiger partial charge in [0, 0.05) is 12.2 Å². The molecule has 0 saturated heterocycles. The summed E-state index contributed by atoms with van der Waals surface area (Å²) in [4.78, 5) is 26.5. The molecule has 1 amide bonds. The number of carbonyl (C=O) groups is 2. The molecule has 26 heavy (non-hydrogen) atoms. The van der Waals surface area contributed by atoms with Crippen molar-refractivity contribution in [1.29, 1.82) is 0 Å². The fourth-order valence-corrected chi connectivity index (χ4v) is 2.79. The van der Waals surface area contributed by atoms with Gasteiger partial charge in [0.15, 0.2) is 11.5 Å². The number of benzene rings is 1. The number of nitrogens with zero attached hydrogens (tertiary/aromatic N) is 1. The number of ether oxygens (including phenoxy) is 3. The van der Waals surface area contributed by atoms with Gasteiger partial charge in [0.25, 0.3) is 5.91 Å². The van der Waals surface area contributed by atoms with Crippen molar-refractivity contribution in [3.05, 3.63) is 53.3 Å².